The summed E-state index contributed by atoms with van der Waals surface area (Å²) >= 11 is 1.51. The van der Waals surface area contributed by atoms with Crippen LogP contribution in [0.15, 0.2) is 46.0 Å². The molecule has 0 radical (unpaired) electrons. The Labute approximate surface area is 158 Å². The van der Waals surface area contributed by atoms with E-state index in [0.29, 0.717) is 31.6 Å². The number of carbonyl (C=O) groups excluding carboxylic acids is 1. The third kappa shape index (κ3) is 4.91. The van der Waals surface area contributed by atoms with Gasteiger partial charge in [-0.2, -0.15) is 15.6 Å². The third-order valence-corrected chi connectivity index (χ3v) is 6.86. The van der Waals surface area contributed by atoms with Gasteiger partial charge in [-0.1, -0.05) is 13.8 Å². The second-order valence-corrected chi connectivity index (χ2v) is 8.45. The lowest BCUT2D eigenvalue weighted by atomic mass is 10.1. The van der Waals surface area contributed by atoms with Crippen molar-refractivity contribution in [3.63, 3.8) is 0 Å². The van der Waals surface area contributed by atoms with Gasteiger partial charge in [0.05, 0.1) is 11.0 Å². The van der Waals surface area contributed by atoms with Crippen molar-refractivity contribution < 1.29 is 18.3 Å². The van der Waals surface area contributed by atoms with Gasteiger partial charge in [0.2, 0.25) is 10.0 Å². The van der Waals surface area contributed by atoms with Crippen molar-refractivity contribution in [2.75, 3.05) is 19.6 Å². The summed E-state index contributed by atoms with van der Waals surface area (Å²) in [4.78, 5) is 12.3. The number of hydrogen-bond donors (Lipinski definition) is 2. The summed E-state index contributed by atoms with van der Waals surface area (Å²) in [6.07, 6.45) is -0.195. The van der Waals surface area contributed by atoms with Gasteiger partial charge in [0.1, 0.15) is 0 Å². The molecule has 6 nitrogen and oxygen atoms in total. The lowest BCUT2D eigenvalue weighted by molar-refractivity contribution is 0.0942. The summed E-state index contributed by atoms with van der Waals surface area (Å²) in [5.41, 5.74) is 1.23. The molecule has 0 aliphatic rings. The Hall–Kier alpha value is -1.74. The first-order valence-corrected chi connectivity index (χ1v) is 10.9. The summed E-state index contributed by atoms with van der Waals surface area (Å²) < 4.78 is 26.2. The lowest BCUT2D eigenvalue weighted by Gasteiger charge is -2.18. The Kier molecular flexibility index (Phi) is 7.33. The Morgan fingerprint density at radius 2 is 1.85 bits per heavy atom. The molecular formula is C18H24N2O4S2. The van der Waals surface area contributed by atoms with Crippen LogP contribution in [0.5, 0.6) is 0 Å². The SMILES string of the molecule is CCN(CC)S(=O)(=O)c1ccc(C(=O)NCCC(O)c2ccsc2)cc1. The number of hydrogen-bond acceptors (Lipinski definition) is 5. The van der Waals surface area contributed by atoms with Gasteiger partial charge in [-0.15, -0.1) is 0 Å². The van der Waals surface area contributed by atoms with Crippen LogP contribution in [-0.2, 0) is 10.0 Å². The van der Waals surface area contributed by atoms with Crippen LogP contribution < -0.4 is 5.32 Å². The number of benzene rings is 1. The smallest absolute Gasteiger partial charge is 0.251 e. The zero-order valence-electron chi connectivity index (χ0n) is 14.9. The number of aliphatic hydroxyl groups is 1. The van der Waals surface area contributed by atoms with Crippen molar-refractivity contribution in [2.24, 2.45) is 0 Å². The van der Waals surface area contributed by atoms with E-state index >= 15 is 0 Å². The number of sulfonamides is 1. The summed E-state index contributed by atoms with van der Waals surface area (Å²) in [7, 11) is -3.53. The number of nitrogens with zero attached hydrogens (tertiary/aromatic N) is 1. The van der Waals surface area contributed by atoms with E-state index in [9.17, 15) is 18.3 Å². The number of aliphatic hydroxyl groups excluding tert-OH is 1. The molecule has 0 saturated heterocycles. The van der Waals surface area contributed by atoms with Crippen molar-refractivity contribution in [3.05, 3.63) is 52.2 Å². The molecule has 2 aromatic rings. The number of carbonyl (C=O) groups is 1. The van der Waals surface area contributed by atoms with Gasteiger partial charge in [-0.3, -0.25) is 4.79 Å². The van der Waals surface area contributed by atoms with E-state index in [-0.39, 0.29) is 10.8 Å². The zero-order chi connectivity index (χ0) is 19.2. The van der Waals surface area contributed by atoms with Crippen LogP contribution in [0.25, 0.3) is 0 Å². The quantitative estimate of drug-likeness (QED) is 0.682. The molecule has 0 aliphatic heterocycles. The average molecular weight is 397 g/mol. The summed E-state index contributed by atoms with van der Waals surface area (Å²) in [6.45, 7) is 4.69. The predicted octanol–water partition coefficient (Wildman–Crippen LogP) is 2.63. The van der Waals surface area contributed by atoms with Gasteiger partial charge in [0.25, 0.3) is 5.91 Å². The van der Waals surface area contributed by atoms with E-state index in [1.807, 2.05) is 16.8 Å². The molecule has 142 valence electrons. The van der Waals surface area contributed by atoms with E-state index in [1.54, 1.807) is 13.8 Å². The van der Waals surface area contributed by atoms with Crippen molar-refractivity contribution in [1.82, 2.24) is 9.62 Å². The summed E-state index contributed by atoms with van der Waals surface area (Å²) in [5, 5.41) is 16.5. The normalized spacial score (nSPS) is 12.9. The first-order valence-electron chi connectivity index (χ1n) is 8.48. The maximum atomic E-state index is 12.4. The molecular weight excluding hydrogens is 372 g/mol. The Balaban J connectivity index is 1.94. The van der Waals surface area contributed by atoms with E-state index in [4.69, 9.17) is 0 Å². The van der Waals surface area contributed by atoms with Gasteiger partial charge >= 0.3 is 0 Å². The Morgan fingerprint density at radius 1 is 1.19 bits per heavy atom. The maximum Gasteiger partial charge on any atom is 0.251 e. The lowest BCUT2D eigenvalue weighted by Crippen LogP contribution is -2.30. The number of amides is 1. The molecule has 0 saturated carbocycles. The molecule has 2 N–H and O–H groups in total. The van der Waals surface area contributed by atoms with Gasteiger partial charge in [-0.25, -0.2) is 8.42 Å². The Morgan fingerprint density at radius 3 is 2.38 bits per heavy atom. The Bertz CT molecular complexity index is 798. The fraction of sp³-hybridized carbons (Fsp3) is 0.389. The van der Waals surface area contributed by atoms with Crippen molar-refractivity contribution in [3.8, 4) is 0 Å². The van der Waals surface area contributed by atoms with Crippen LogP contribution in [0.2, 0.25) is 0 Å². The average Bonchev–Trinajstić information content (AvgIpc) is 3.17. The number of thiophene rings is 1. The minimum absolute atomic E-state index is 0.172. The number of nitrogens with one attached hydrogen (secondary N) is 1. The first kappa shape index (κ1) is 20.6. The maximum absolute atomic E-state index is 12.4. The van der Waals surface area contributed by atoms with E-state index in [2.05, 4.69) is 5.32 Å². The molecule has 1 heterocycles. The predicted molar refractivity (Wildman–Crippen MR) is 103 cm³/mol. The minimum atomic E-state index is -3.53. The molecule has 26 heavy (non-hydrogen) atoms. The monoisotopic (exact) mass is 396 g/mol. The molecule has 1 aromatic carbocycles. The topological polar surface area (TPSA) is 86.7 Å². The van der Waals surface area contributed by atoms with E-state index in [0.717, 1.165) is 5.56 Å². The second kappa shape index (κ2) is 9.27. The van der Waals surface area contributed by atoms with Crippen LogP contribution >= 0.6 is 11.3 Å². The zero-order valence-corrected chi connectivity index (χ0v) is 16.5. The fourth-order valence-corrected chi connectivity index (χ4v) is 4.71. The number of rotatable bonds is 9. The molecule has 2 rings (SSSR count). The first-order chi connectivity index (χ1) is 12.4. The van der Waals surface area contributed by atoms with E-state index in [1.165, 1.54) is 39.9 Å². The van der Waals surface area contributed by atoms with Crippen molar-refractivity contribution >= 4 is 27.3 Å². The molecule has 0 spiro atoms. The molecule has 8 heteroatoms. The molecule has 1 unspecified atom stereocenters. The molecule has 0 bridgehead atoms. The highest BCUT2D eigenvalue weighted by molar-refractivity contribution is 7.89. The molecule has 1 atom stereocenters. The van der Waals surface area contributed by atoms with Crippen LogP contribution in [0.1, 0.15) is 42.3 Å². The third-order valence-electron chi connectivity index (χ3n) is 4.09. The highest BCUT2D eigenvalue weighted by Gasteiger charge is 2.21. The molecule has 0 fully saturated rings. The van der Waals surface area contributed by atoms with Crippen LogP contribution in [0.4, 0.5) is 0 Å². The summed E-state index contributed by atoms with van der Waals surface area (Å²) in [6, 6.07) is 7.75. The summed E-state index contributed by atoms with van der Waals surface area (Å²) in [5.74, 6) is -0.297. The van der Waals surface area contributed by atoms with E-state index < -0.39 is 16.1 Å². The van der Waals surface area contributed by atoms with Gasteiger partial charge in [0, 0.05) is 25.2 Å². The van der Waals surface area contributed by atoms with Gasteiger partial charge < -0.3 is 10.4 Å². The standard InChI is InChI=1S/C18H24N2O4S2/c1-3-20(4-2)26(23,24)16-7-5-14(6-8-16)18(22)19-11-9-17(21)15-10-12-25-13-15/h5-8,10,12-13,17,21H,3-4,9,11H2,1-2H3,(H,19,22). The largest absolute Gasteiger partial charge is 0.388 e. The fourth-order valence-electron chi connectivity index (χ4n) is 2.55. The highest BCUT2D eigenvalue weighted by Crippen LogP contribution is 2.19. The van der Waals surface area contributed by atoms with Crippen LogP contribution in [-0.4, -0.2) is 43.4 Å². The molecule has 1 amide bonds. The van der Waals surface area contributed by atoms with Crippen LogP contribution in [0.3, 0.4) is 0 Å². The second-order valence-electron chi connectivity index (χ2n) is 5.73. The van der Waals surface area contributed by atoms with Crippen molar-refractivity contribution in [1.29, 1.82) is 0 Å². The van der Waals surface area contributed by atoms with Gasteiger partial charge in [0.15, 0.2) is 0 Å². The molecule has 0 aliphatic carbocycles. The molecule has 1 aromatic heterocycles. The van der Waals surface area contributed by atoms with Gasteiger partial charge in [-0.05, 0) is 53.1 Å². The van der Waals surface area contributed by atoms with Crippen molar-refractivity contribution in [2.45, 2.75) is 31.3 Å². The van der Waals surface area contributed by atoms with Crippen LogP contribution in [0, 0.1) is 0 Å². The minimum Gasteiger partial charge on any atom is -0.388 e. The highest BCUT2D eigenvalue weighted by atomic mass is 32.2.